The molecule has 0 fully saturated rings. The molecule has 0 aromatic rings. The molecule has 2 unspecified atom stereocenters. The Morgan fingerprint density at radius 3 is 1.74 bits per heavy atom. The van der Waals surface area contributed by atoms with Crippen molar-refractivity contribution >= 4 is 19.8 Å². The Labute approximate surface area is 350 Å². The molecule has 0 rings (SSSR count). The van der Waals surface area contributed by atoms with Crippen LogP contribution in [0.3, 0.4) is 0 Å². The van der Waals surface area contributed by atoms with Crippen LogP contribution in [0.1, 0.15) is 123 Å². The minimum absolute atomic E-state index is 0.0208. The van der Waals surface area contributed by atoms with Crippen molar-refractivity contribution in [3.8, 4) is 0 Å². The van der Waals surface area contributed by atoms with Gasteiger partial charge in [0, 0.05) is 19.4 Å². The number of carbonyl (C=O) groups is 2. The number of unbranched alkanes of at least 4 members (excludes halogenated alkanes) is 4. The summed E-state index contributed by atoms with van der Waals surface area (Å²) in [4.78, 5) is 34.8. The average molecular weight is 828 g/mol. The highest BCUT2D eigenvalue weighted by Gasteiger charge is 2.25. The fourth-order valence-electron chi connectivity index (χ4n) is 4.79. The second-order valence-corrected chi connectivity index (χ2v) is 14.8. The molecule has 0 amide bonds. The Balaban J connectivity index is 4.46. The molecule has 0 radical (unpaired) electrons. The molecule has 3 atom stereocenters. The molecule has 0 heterocycles. The number of phosphoric ester groups is 1. The minimum atomic E-state index is -4.43. The van der Waals surface area contributed by atoms with Gasteiger partial charge in [0.15, 0.2) is 6.10 Å². The largest absolute Gasteiger partial charge is 0.472 e. The summed E-state index contributed by atoms with van der Waals surface area (Å²) in [6, 6.07) is 0. The van der Waals surface area contributed by atoms with E-state index in [-0.39, 0.29) is 32.6 Å². The third kappa shape index (κ3) is 40.6. The number of rotatable bonds is 37. The molecule has 0 saturated heterocycles. The molecular weight excluding hydrogens is 753 g/mol. The second kappa shape index (κ2) is 41.5. The molecule has 0 aliphatic heterocycles. The number of ether oxygens (including phenoxy) is 2. The zero-order valence-corrected chi connectivity index (χ0v) is 36.2. The summed E-state index contributed by atoms with van der Waals surface area (Å²) < 4.78 is 32.6. The third-order valence-corrected chi connectivity index (χ3v) is 8.91. The summed E-state index contributed by atoms with van der Waals surface area (Å²) in [6.45, 7) is 3.29. The van der Waals surface area contributed by atoms with Gasteiger partial charge in [0.05, 0.1) is 19.3 Å². The zero-order chi connectivity index (χ0) is 42.6. The van der Waals surface area contributed by atoms with Gasteiger partial charge in [-0.05, 0) is 83.5 Å². The van der Waals surface area contributed by atoms with Crippen molar-refractivity contribution in [2.75, 3.05) is 26.4 Å². The first kappa shape index (κ1) is 54.4. The van der Waals surface area contributed by atoms with Crippen LogP contribution in [0.25, 0.3) is 0 Å². The lowest BCUT2D eigenvalue weighted by Crippen LogP contribution is -2.29. The third-order valence-electron chi connectivity index (χ3n) is 7.93. The van der Waals surface area contributed by atoms with E-state index < -0.39 is 38.6 Å². The van der Waals surface area contributed by atoms with Crippen LogP contribution >= 0.6 is 7.82 Å². The van der Waals surface area contributed by atoms with E-state index in [1.165, 1.54) is 19.3 Å². The first-order valence-corrected chi connectivity index (χ1v) is 22.6. The molecule has 10 nitrogen and oxygen atoms in total. The van der Waals surface area contributed by atoms with Crippen molar-refractivity contribution in [1.82, 2.24) is 0 Å². The first-order chi connectivity index (χ1) is 28.2. The quantitative estimate of drug-likeness (QED) is 0.0181. The van der Waals surface area contributed by atoms with E-state index in [4.69, 9.17) is 24.3 Å². The van der Waals surface area contributed by atoms with Crippen molar-refractivity contribution in [3.63, 3.8) is 0 Å². The number of hydrogen-bond donors (Lipinski definition) is 3. The van der Waals surface area contributed by atoms with Crippen molar-refractivity contribution < 1.29 is 42.7 Å². The van der Waals surface area contributed by atoms with Gasteiger partial charge in [0.2, 0.25) is 0 Å². The maximum atomic E-state index is 12.5. The number of allylic oxidation sites excluding steroid dienone is 18. The van der Waals surface area contributed by atoms with Gasteiger partial charge >= 0.3 is 19.8 Å². The molecule has 0 aromatic carbocycles. The van der Waals surface area contributed by atoms with E-state index >= 15 is 0 Å². The van der Waals surface area contributed by atoms with Crippen LogP contribution in [0.5, 0.6) is 0 Å². The lowest BCUT2D eigenvalue weighted by atomic mass is 10.2. The van der Waals surface area contributed by atoms with Gasteiger partial charge in [-0.25, -0.2) is 4.57 Å². The molecular formula is C47H74NO9P. The summed E-state index contributed by atoms with van der Waals surface area (Å²) in [5.41, 5.74) is 5.33. The van der Waals surface area contributed by atoms with E-state index in [0.717, 1.165) is 44.9 Å². The normalized spacial score (nSPS) is 15.1. The van der Waals surface area contributed by atoms with Gasteiger partial charge in [-0.15, -0.1) is 0 Å². The van der Waals surface area contributed by atoms with Crippen molar-refractivity contribution in [1.29, 1.82) is 0 Å². The molecule has 0 aromatic heterocycles. The highest BCUT2D eigenvalue weighted by atomic mass is 31.2. The van der Waals surface area contributed by atoms with E-state index in [2.05, 4.69) is 74.6 Å². The van der Waals surface area contributed by atoms with Crippen LogP contribution in [0.4, 0.5) is 0 Å². The maximum Gasteiger partial charge on any atom is 0.472 e. The van der Waals surface area contributed by atoms with E-state index in [1.54, 1.807) is 6.08 Å². The standard InChI is InChI=1S/C47H74NO9P/c1-3-5-7-8-9-10-11-12-13-14-15-18-21-24-27-30-34-38-46(50)54-42-45(43-56-58(52,53)55-41-40-48)57-47(51)39-35-31-28-25-22-19-16-17-20-23-26-29-33-37-44(49)36-32-6-4-2/h6,9-10,12-13,15,17-20,22,24,26-29,31-33,37,44-45,49H,3-5,7-8,11,14,16,21,23,25,30,34-36,38-43,48H2,1-2H3,(H,52,53)/b10-9-,13-12-,18-15-,20-17-,22-19-,27-24-,29-26+,31-28-,32-6-,37-33+/t44?,45-/m1/s1. The van der Waals surface area contributed by atoms with Gasteiger partial charge < -0.3 is 25.2 Å². The van der Waals surface area contributed by atoms with Gasteiger partial charge in [0.1, 0.15) is 6.61 Å². The number of hydrogen-bond acceptors (Lipinski definition) is 9. The van der Waals surface area contributed by atoms with Crippen molar-refractivity contribution in [3.05, 3.63) is 122 Å². The molecule has 0 spiro atoms. The Bertz CT molecular complexity index is 1370. The van der Waals surface area contributed by atoms with Crippen LogP contribution in [-0.4, -0.2) is 60.5 Å². The number of esters is 2. The van der Waals surface area contributed by atoms with E-state index in [1.807, 2.05) is 54.7 Å². The molecule has 4 N–H and O–H groups in total. The van der Waals surface area contributed by atoms with Gasteiger partial charge in [-0.2, -0.15) is 0 Å². The van der Waals surface area contributed by atoms with Crippen LogP contribution in [0.15, 0.2) is 122 Å². The van der Waals surface area contributed by atoms with Gasteiger partial charge in [0.25, 0.3) is 0 Å². The summed E-state index contributed by atoms with van der Waals surface area (Å²) in [5.74, 6) is -1.03. The Morgan fingerprint density at radius 1 is 0.621 bits per heavy atom. The van der Waals surface area contributed by atoms with Crippen LogP contribution in [0.2, 0.25) is 0 Å². The fourth-order valence-corrected chi connectivity index (χ4v) is 5.56. The zero-order valence-electron chi connectivity index (χ0n) is 35.3. The Morgan fingerprint density at radius 2 is 1.17 bits per heavy atom. The number of aliphatic hydroxyl groups excluding tert-OH is 1. The lowest BCUT2D eigenvalue weighted by molar-refractivity contribution is -0.161. The molecule has 11 heteroatoms. The predicted octanol–water partition coefficient (Wildman–Crippen LogP) is 11.1. The molecule has 0 bridgehead atoms. The second-order valence-electron chi connectivity index (χ2n) is 13.3. The molecule has 326 valence electrons. The average Bonchev–Trinajstić information content (AvgIpc) is 3.20. The Kier molecular flexibility index (Phi) is 38.9. The minimum Gasteiger partial charge on any atom is -0.462 e. The van der Waals surface area contributed by atoms with Crippen LogP contribution in [-0.2, 0) is 32.7 Å². The number of phosphoric acid groups is 1. The first-order valence-electron chi connectivity index (χ1n) is 21.1. The number of nitrogens with two attached hydrogens (primary N) is 1. The predicted molar refractivity (Wildman–Crippen MR) is 239 cm³/mol. The summed E-state index contributed by atoms with van der Waals surface area (Å²) in [5, 5.41) is 9.83. The summed E-state index contributed by atoms with van der Waals surface area (Å²) in [7, 11) is -4.43. The summed E-state index contributed by atoms with van der Waals surface area (Å²) >= 11 is 0. The molecule has 0 saturated carbocycles. The van der Waals surface area contributed by atoms with Crippen molar-refractivity contribution in [2.24, 2.45) is 5.73 Å². The number of aliphatic hydroxyl groups is 1. The SMILES string of the molecule is CC/C=C\CC(O)/C=C/C=C/C/C=C\C/C=C\C/C=C\CCC(=O)O[C@H](COC(=O)CCC/C=C\C/C=C\C/C=C\C/C=C\CCCCC)COP(=O)(O)OCCN. The number of carbonyl (C=O) groups excluding carboxylic acids is 2. The van der Waals surface area contributed by atoms with Crippen molar-refractivity contribution in [2.45, 2.75) is 135 Å². The maximum absolute atomic E-state index is 12.5. The highest BCUT2D eigenvalue weighted by molar-refractivity contribution is 7.47. The van der Waals surface area contributed by atoms with E-state index in [0.29, 0.717) is 32.1 Å². The van der Waals surface area contributed by atoms with Crippen LogP contribution in [0, 0.1) is 0 Å². The lowest BCUT2D eigenvalue weighted by Gasteiger charge is -2.19. The molecule has 58 heavy (non-hydrogen) atoms. The van der Waals surface area contributed by atoms with Gasteiger partial charge in [-0.3, -0.25) is 18.6 Å². The molecule has 0 aliphatic rings. The summed E-state index contributed by atoms with van der Waals surface area (Å²) in [6.07, 6.45) is 52.9. The molecule has 0 aliphatic carbocycles. The van der Waals surface area contributed by atoms with E-state index in [9.17, 15) is 24.2 Å². The topological polar surface area (TPSA) is 155 Å². The van der Waals surface area contributed by atoms with Gasteiger partial charge in [-0.1, -0.05) is 148 Å². The smallest absolute Gasteiger partial charge is 0.462 e. The highest BCUT2D eigenvalue weighted by Crippen LogP contribution is 2.43. The van der Waals surface area contributed by atoms with Crippen LogP contribution < -0.4 is 5.73 Å². The Hall–Kier alpha value is -3.63. The monoisotopic (exact) mass is 828 g/mol. The fraction of sp³-hybridized carbons (Fsp3) is 0.532.